The summed E-state index contributed by atoms with van der Waals surface area (Å²) in [6.45, 7) is 1.72. The Kier molecular flexibility index (Phi) is 6.00. The van der Waals surface area contributed by atoms with E-state index in [4.69, 9.17) is 11.6 Å². The van der Waals surface area contributed by atoms with Crippen LogP contribution in [0.25, 0.3) is 0 Å². The number of hydrogen-bond acceptors (Lipinski definition) is 4. The van der Waals surface area contributed by atoms with Crippen LogP contribution in [0.15, 0.2) is 23.1 Å². The summed E-state index contributed by atoms with van der Waals surface area (Å²) < 4.78 is 22.9. The van der Waals surface area contributed by atoms with E-state index in [0.29, 0.717) is 0 Å². The van der Waals surface area contributed by atoms with Gasteiger partial charge in [0.15, 0.2) is 9.84 Å². The third-order valence-electron chi connectivity index (χ3n) is 1.81. The molecule has 0 aliphatic heterocycles. The molecule has 0 saturated carbocycles. The van der Waals surface area contributed by atoms with Crippen LogP contribution >= 0.6 is 11.6 Å². The second kappa shape index (κ2) is 6.02. The molecule has 0 atom stereocenters. The predicted octanol–water partition coefficient (Wildman–Crippen LogP) is -2.82. The number of sulfone groups is 1. The quantitative estimate of drug-likeness (QED) is 0.555. The van der Waals surface area contributed by atoms with Crippen molar-refractivity contribution in [2.24, 2.45) is 0 Å². The van der Waals surface area contributed by atoms with Crippen LogP contribution in [0.5, 0.6) is 0 Å². The number of benzene rings is 1. The fraction of sp³-hybridized carbons (Fsp3) is 0.222. The van der Waals surface area contributed by atoms with Gasteiger partial charge in [-0.15, -0.1) is 0 Å². The molecule has 82 valence electrons. The van der Waals surface area contributed by atoms with Crippen molar-refractivity contribution >= 4 is 27.4 Å². The molecule has 0 aliphatic rings. The van der Waals surface area contributed by atoms with Gasteiger partial charge in [-0.3, -0.25) is 0 Å². The molecule has 0 bridgehead atoms. The fourth-order valence-electron chi connectivity index (χ4n) is 1.01. The third kappa shape index (κ3) is 4.07. The molecule has 0 saturated heterocycles. The summed E-state index contributed by atoms with van der Waals surface area (Å²) >= 11 is 5.73. The summed E-state index contributed by atoms with van der Waals surface area (Å²) in [6.07, 6.45) is 0. The van der Waals surface area contributed by atoms with Gasteiger partial charge in [0, 0.05) is 5.02 Å². The van der Waals surface area contributed by atoms with Gasteiger partial charge in [0.2, 0.25) is 0 Å². The van der Waals surface area contributed by atoms with Gasteiger partial charge in [-0.25, -0.2) is 8.42 Å². The Morgan fingerprint density at radius 2 is 2.00 bits per heavy atom. The first-order valence-corrected chi connectivity index (χ1v) is 6.05. The maximum Gasteiger partial charge on any atom is 1.00 e. The number of carboxylic acid groups (broad SMARTS) is 1. The van der Waals surface area contributed by atoms with Gasteiger partial charge in [-0.2, -0.15) is 0 Å². The van der Waals surface area contributed by atoms with E-state index in [2.05, 4.69) is 0 Å². The fourth-order valence-corrected chi connectivity index (χ4v) is 2.30. The molecular weight excluding hydrogens is 263 g/mol. The van der Waals surface area contributed by atoms with Crippen molar-refractivity contribution in [3.8, 4) is 0 Å². The molecule has 0 aliphatic carbocycles. The van der Waals surface area contributed by atoms with E-state index in [0.717, 1.165) is 5.56 Å². The van der Waals surface area contributed by atoms with Crippen LogP contribution in [0.1, 0.15) is 5.56 Å². The summed E-state index contributed by atoms with van der Waals surface area (Å²) in [6, 6.07) is 4.07. The van der Waals surface area contributed by atoms with Crippen molar-refractivity contribution < 1.29 is 47.9 Å². The van der Waals surface area contributed by atoms with Crippen molar-refractivity contribution in [1.29, 1.82) is 0 Å². The van der Waals surface area contributed by atoms with Crippen molar-refractivity contribution in [3.63, 3.8) is 0 Å². The number of carbonyl (C=O) groups excluding carboxylic acids is 1. The summed E-state index contributed by atoms with van der Waals surface area (Å²) in [5, 5.41) is 10.5. The van der Waals surface area contributed by atoms with Crippen LogP contribution in [0.2, 0.25) is 5.02 Å². The van der Waals surface area contributed by atoms with Crippen LogP contribution in [0, 0.1) is 6.92 Å². The van der Waals surface area contributed by atoms with Gasteiger partial charge < -0.3 is 9.90 Å². The molecular formula is C9H8ClNaO4S. The molecule has 1 aromatic rings. The summed E-state index contributed by atoms with van der Waals surface area (Å²) in [5.74, 6) is -2.67. The van der Waals surface area contributed by atoms with Gasteiger partial charge in [0.1, 0.15) is 0 Å². The van der Waals surface area contributed by atoms with Crippen LogP contribution in [-0.4, -0.2) is 20.1 Å². The summed E-state index contributed by atoms with van der Waals surface area (Å²) in [7, 11) is -3.85. The Hall–Kier alpha value is -0.0700. The minimum Gasteiger partial charge on any atom is -0.549 e. The maximum absolute atomic E-state index is 11.4. The molecule has 16 heavy (non-hydrogen) atoms. The Labute approximate surface area is 121 Å². The van der Waals surface area contributed by atoms with Crippen molar-refractivity contribution in [1.82, 2.24) is 0 Å². The average molecular weight is 271 g/mol. The minimum absolute atomic E-state index is 0. The second-order valence-corrected chi connectivity index (χ2v) is 5.44. The molecule has 0 unspecified atom stereocenters. The SMILES string of the molecule is Cc1ccc(S(=O)(=O)CC(=O)[O-])cc1Cl.[Na+]. The monoisotopic (exact) mass is 270 g/mol. The number of aliphatic carboxylic acids is 1. The van der Waals surface area contributed by atoms with Crippen LogP contribution in [-0.2, 0) is 14.6 Å². The number of halogens is 1. The molecule has 7 heteroatoms. The third-order valence-corrected chi connectivity index (χ3v) is 3.81. The smallest absolute Gasteiger partial charge is 0.549 e. The number of carboxylic acids is 1. The van der Waals surface area contributed by atoms with E-state index in [1.165, 1.54) is 18.2 Å². The normalized spacial score (nSPS) is 10.6. The first-order valence-electron chi connectivity index (χ1n) is 4.01. The average Bonchev–Trinajstić information content (AvgIpc) is 2.07. The number of rotatable bonds is 3. The van der Waals surface area contributed by atoms with Gasteiger partial charge in [0.05, 0.1) is 16.6 Å². The first kappa shape index (κ1) is 15.9. The molecule has 0 spiro atoms. The van der Waals surface area contributed by atoms with Crippen molar-refractivity contribution in [2.45, 2.75) is 11.8 Å². The zero-order chi connectivity index (χ0) is 11.6. The molecule has 4 nitrogen and oxygen atoms in total. The topological polar surface area (TPSA) is 74.3 Å². The van der Waals surface area contributed by atoms with Crippen LogP contribution in [0.4, 0.5) is 0 Å². The van der Waals surface area contributed by atoms with E-state index >= 15 is 0 Å². The standard InChI is InChI=1S/C9H9ClO4S.Na/c1-6-2-3-7(4-8(6)10)15(13,14)5-9(11)12;/h2-4H,5H2,1H3,(H,11,12);/q;+1/p-1. The summed E-state index contributed by atoms with van der Waals surface area (Å²) in [5.41, 5.74) is 0.726. The summed E-state index contributed by atoms with van der Waals surface area (Å²) in [4.78, 5) is 10.1. The van der Waals surface area contributed by atoms with Gasteiger partial charge in [-0.05, 0) is 24.6 Å². The maximum atomic E-state index is 11.4. The Balaban J connectivity index is 0.00000225. The van der Waals surface area contributed by atoms with E-state index < -0.39 is 21.6 Å². The largest absolute Gasteiger partial charge is 1.00 e. The van der Waals surface area contributed by atoms with E-state index in [9.17, 15) is 18.3 Å². The zero-order valence-electron chi connectivity index (χ0n) is 8.86. The molecule has 0 radical (unpaired) electrons. The van der Waals surface area contributed by atoms with Gasteiger partial charge in [0.25, 0.3) is 0 Å². The number of carbonyl (C=O) groups is 1. The molecule has 1 aromatic carbocycles. The Morgan fingerprint density at radius 1 is 1.44 bits per heavy atom. The second-order valence-electron chi connectivity index (χ2n) is 3.04. The van der Waals surface area contributed by atoms with E-state index in [-0.39, 0.29) is 39.5 Å². The predicted molar refractivity (Wildman–Crippen MR) is 53.2 cm³/mol. The first-order chi connectivity index (χ1) is 6.83. The Morgan fingerprint density at radius 3 is 2.44 bits per heavy atom. The van der Waals surface area contributed by atoms with E-state index in [1.807, 2.05) is 0 Å². The molecule has 0 fully saturated rings. The minimum atomic E-state index is -3.85. The van der Waals surface area contributed by atoms with Crippen LogP contribution < -0.4 is 34.7 Å². The molecule has 0 heterocycles. The Bertz CT molecular complexity index is 498. The number of aryl methyl sites for hydroxylation is 1. The molecule has 0 N–H and O–H groups in total. The van der Waals surface area contributed by atoms with E-state index in [1.54, 1.807) is 6.92 Å². The molecule has 0 aromatic heterocycles. The number of hydrogen-bond donors (Lipinski definition) is 0. The van der Waals surface area contributed by atoms with Gasteiger partial charge >= 0.3 is 29.6 Å². The van der Waals surface area contributed by atoms with Gasteiger partial charge in [-0.1, -0.05) is 17.7 Å². The molecule has 0 amide bonds. The zero-order valence-corrected chi connectivity index (χ0v) is 12.4. The van der Waals surface area contributed by atoms with Crippen molar-refractivity contribution in [2.75, 3.05) is 5.75 Å². The van der Waals surface area contributed by atoms with Crippen molar-refractivity contribution in [3.05, 3.63) is 28.8 Å². The molecule has 1 rings (SSSR count). The van der Waals surface area contributed by atoms with Crippen LogP contribution in [0.3, 0.4) is 0 Å².